The van der Waals surface area contributed by atoms with Crippen LogP contribution in [0.2, 0.25) is 0 Å². The molecule has 0 aliphatic rings. The number of anilines is 2. The Labute approximate surface area is 117 Å². The van der Waals surface area contributed by atoms with E-state index in [2.05, 4.69) is 9.69 Å². The van der Waals surface area contributed by atoms with Crippen LogP contribution in [-0.4, -0.2) is 10.2 Å². The molecular formula is C13H11F3N2OS. The van der Waals surface area contributed by atoms with Crippen molar-refractivity contribution in [1.29, 1.82) is 0 Å². The van der Waals surface area contributed by atoms with Crippen LogP contribution in [0.25, 0.3) is 0 Å². The molecule has 2 rings (SSSR count). The first-order valence-corrected chi connectivity index (χ1v) is 6.48. The number of hydrogen-bond donors (Lipinski definition) is 1. The summed E-state index contributed by atoms with van der Waals surface area (Å²) in [6, 6.07) is 4.62. The smallest absolute Gasteiger partial charge is 0.345 e. The molecule has 0 saturated heterocycles. The Kier molecular flexibility index (Phi) is 3.80. The third-order valence-corrected chi connectivity index (χ3v) is 3.54. The lowest BCUT2D eigenvalue weighted by molar-refractivity contribution is -0.137. The Morgan fingerprint density at radius 3 is 2.35 bits per heavy atom. The normalized spacial score (nSPS) is 11.4. The molecule has 2 aromatic rings. The van der Waals surface area contributed by atoms with E-state index in [4.69, 9.17) is 0 Å². The van der Waals surface area contributed by atoms with Crippen LogP contribution in [0.1, 0.15) is 28.5 Å². The number of nitrogens with one attached hydrogen (secondary N) is 1. The summed E-state index contributed by atoms with van der Waals surface area (Å²) in [5.74, 6) is -0.134. The number of carbonyl (C=O) groups excluding carboxylic acids is 1. The van der Waals surface area contributed by atoms with Crippen molar-refractivity contribution in [1.82, 2.24) is 4.37 Å². The topological polar surface area (TPSA) is 42.0 Å². The van der Waals surface area contributed by atoms with Crippen LogP contribution in [0.4, 0.5) is 23.9 Å². The number of aromatic nitrogens is 1. The van der Waals surface area contributed by atoms with Gasteiger partial charge in [0.2, 0.25) is 0 Å². The molecule has 0 fully saturated rings. The summed E-state index contributed by atoms with van der Waals surface area (Å²) in [7, 11) is 0. The second-order valence-electron chi connectivity index (χ2n) is 4.23. The molecule has 1 aromatic carbocycles. The molecule has 0 unspecified atom stereocenters. The first kappa shape index (κ1) is 14.5. The summed E-state index contributed by atoms with van der Waals surface area (Å²) < 4.78 is 41.4. The zero-order valence-corrected chi connectivity index (χ0v) is 11.5. The quantitative estimate of drug-likeness (QED) is 0.853. The summed E-state index contributed by atoms with van der Waals surface area (Å²) in [4.78, 5) is 11.5. The number of carbonyl (C=O) groups is 1. The minimum atomic E-state index is -4.36. The van der Waals surface area contributed by atoms with Gasteiger partial charge in [0.05, 0.1) is 16.8 Å². The van der Waals surface area contributed by atoms with E-state index < -0.39 is 11.7 Å². The molecule has 0 saturated carbocycles. The maximum absolute atomic E-state index is 12.4. The van der Waals surface area contributed by atoms with Crippen LogP contribution in [0.15, 0.2) is 24.3 Å². The summed E-state index contributed by atoms with van der Waals surface area (Å²) >= 11 is 1.10. The molecule has 1 N–H and O–H groups in total. The van der Waals surface area contributed by atoms with E-state index in [1.54, 1.807) is 6.92 Å². The van der Waals surface area contributed by atoms with Gasteiger partial charge in [-0.3, -0.25) is 4.79 Å². The Morgan fingerprint density at radius 1 is 1.25 bits per heavy atom. The Bertz CT molecular complexity index is 632. The largest absolute Gasteiger partial charge is 0.416 e. The number of rotatable bonds is 3. The summed E-state index contributed by atoms with van der Waals surface area (Å²) in [5.41, 5.74) is 0.839. The average Bonchev–Trinajstić information content (AvgIpc) is 2.70. The van der Waals surface area contributed by atoms with Gasteiger partial charge in [-0.1, -0.05) is 0 Å². The van der Waals surface area contributed by atoms with Gasteiger partial charge in [-0.2, -0.15) is 17.5 Å². The van der Waals surface area contributed by atoms with Crippen molar-refractivity contribution < 1.29 is 18.0 Å². The standard InChI is InChI=1S/C13H11F3N2OS/c1-7-11(8(2)19)12(20-18-7)17-10-5-3-9(4-6-10)13(14,15)16/h3-6,17H,1-2H3. The molecule has 1 heterocycles. The maximum Gasteiger partial charge on any atom is 0.416 e. The summed E-state index contributed by atoms with van der Waals surface area (Å²) in [5, 5.41) is 3.46. The number of nitrogens with zero attached hydrogens (tertiary/aromatic N) is 1. The first-order valence-electron chi connectivity index (χ1n) is 5.70. The van der Waals surface area contributed by atoms with Gasteiger partial charge >= 0.3 is 6.18 Å². The van der Waals surface area contributed by atoms with E-state index in [-0.39, 0.29) is 5.78 Å². The molecule has 0 aliphatic carbocycles. The van der Waals surface area contributed by atoms with E-state index in [1.807, 2.05) is 0 Å². The van der Waals surface area contributed by atoms with Crippen molar-refractivity contribution in [3.8, 4) is 0 Å². The molecule has 0 aliphatic heterocycles. The Balaban J connectivity index is 2.25. The third-order valence-electron chi connectivity index (χ3n) is 2.68. The van der Waals surface area contributed by atoms with Crippen LogP contribution in [0, 0.1) is 6.92 Å². The Morgan fingerprint density at radius 2 is 1.85 bits per heavy atom. The van der Waals surface area contributed by atoms with Gasteiger partial charge in [0.1, 0.15) is 5.00 Å². The maximum atomic E-state index is 12.4. The number of Topliss-reactive ketones (excluding diaryl/α,β-unsaturated/α-hetero) is 1. The van der Waals surface area contributed by atoms with Gasteiger partial charge in [-0.05, 0) is 49.6 Å². The minimum absolute atomic E-state index is 0.134. The molecule has 0 radical (unpaired) electrons. The van der Waals surface area contributed by atoms with Crippen LogP contribution >= 0.6 is 11.5 Å². The lowest BCUT2D eigenvalue weighted by Gasteiger charge is -2.09. The fourth-order valence-corrected chi connectivity index (χ4v) is 2.61. The van der Waals surface area contributed by atoms with E-state index in [1.165, 1.54) is 19.1 Å². The van der Waals surface area contributed by atoms with Crippen LogP contribution in [0.5, 0.6) is 0 Å². The third kappa shape index (κ3) is 2.98. The van der Waals surface area contributed by atoms with Crippen molar-refractivity contribution >= 4 is 28.0 Å². The summed E-state index contributed by atoms with van der Waals surface area (Å²) in [6.07, 6.45) is -4.36. The SMILES string of the molecule is CC(=O)c1c(C)nsc1Nc1ccc(C(F)(F)F)cc1. The fraction of sp³-hybridized carbons (Fsp3) is 0.231. The van der Waals surface area contributed by atoms with Crippen LogP contribution in [-0.2, 0) is 6.18 Å². The second-order valence-corrected chi connectivity index (χ2v) is 5.00. The van der Waals surface area contributed by atoms with E-state index in [0.717, 1.165) is 23.7 Å². The van der Waals surface area contributed by atoms with E-state index in [0.29, 0.717) is 21.9 Å². The van der Waals surface area contributed by atoms with Gasteiger partial charge in [0, 0.05) is 5.69 Å². The molecule has 106 valence electrons. The number of alkyl halides is 3. The molecule has 20 heavy (non-hydrogen) atoms. The van der Waals surface area contributed by atoms with Crippen molar-refractivity contribution in [2.75, 3.05) is 5.32 Å². The van der Waals surface area contributed by atoms with E-state index >= 15 is 0 Å². The van der Waals surface area contributed by atoms with Crippen molar-refractivity contribution in [3.05, 3.63) is 41.1 Å². The second kappa shape index (κ2) is 5.24. The fourth-order valence-electron chi connectivity index (χ4n) is 1.74. The Hall–Kier alpha value is -1.89. The molecule has 7 heteroatoms. The zero-order chi connectivity index (χ0) is 14.9. The molecule has 0 bridgehead atoms. The minimum Gasteiger partial charge on any atom is -0.345 e. The predicted molar refractivity (Wildman–Crippen MR) is 71.6 cm³/mol. The van der Waals surface area contributed by atoms with Crippen molar-refractivity contribution in [3.63, 3.8) is 0 Å². The van der Waals surface area contributed by atoms with Crippen LogP contribution in [0.3, 0.4) is 0 Å². The summed E-state index contributed by atoms with van der Waals surface area (Å²) in [6.45, 7) is 3.14. The number of hydrogen-bond acceptors (Lipinski definition) is 4. The highest BCUT2D eigenvalue weighted by atomic mass is 32.1. The van der Waals surface area contributed by atoms with Gasteiger partial charge < -0.3 is 5.32 Å². The lowest BCUT2D eigenvalue weighted by atomic mass is 10.1. The van der Waals surface area contributed by atoms with Crippen LogP contribution < -0.4 is 5.32 Å². The predicted octanol–water partition coefficient (Wildman–Crippen LogP) is 4.42. The molecule has 1 aromatic heterocycles. The number of halogens is 3. The number of aryl methyl sites for hydroxylation is 1. The highest BCUT2D eigenvalue weighted by molar-refractivity contribution is 7.10. The zero-order valence-electron chi connectivity index (χ0n) is 10.7. The van der Waals surface area contributed by atoms with Gasteiger partial charge in [0.25, 0.3) is 0 Å². The van der Waals surface area contributed by atoms with Gasteiger partial charge in [0.15, 0.2) is 5.78 Å². The number of ketones is 1. The monoisotopic (exact) mass is 300 g/mol. The molecule has 0 atom stereocenters. The molecule has 3 nitrogen and oxygen atoms in total. The van der Waals surface area contributed by atoms with Gasteiger partial charge in [-0.15, -0.1) is 0 Å². The molecule has 0 spiro atoms. The molecular weight excluding hydrogens is 289 g/mol. The average molecular weight is 300 g/mol. The lowest BCUT2D eigenvalue weighted by Crippen LogP contribution is -2.04. The van der Waals surface area contributed by atoms with Gasteiger partial charge in [-0.25, -0.2) is 0 Å². The highest BCUT2D eigenvalue weighted by Crippen LogP contribution is 2.32. The first-order chi connectivity index (χ1) is 9.29. The van der Waals surface area contributed by atoms with E-state index in [9.17, 15) is 18.0 Å². The van der Waals surface area contributed by atoms with Crippen molar-refractivity contribution in [2.24, 2.45) is 0 Å². The van der Waals surface area contributed by atoms with Crippen molar-refractivity contribution in [2.45, 2.75) is 20.0 Å². The highest BCUT2D eigenvalue weighted by Gasteiger charge is 2.30. The number of benzene rings is 1. The molecule has 0 amide bonds.